The van der Waals surface area contributed by atoms with Crippen LogP contribution in [-0.2, 0) is 13.1 Å². The van der Waals surface area contributed by atoms with Gasteiger partial charge in [0.05, 0.1) is 0 Å². The Bertz CT molecular complexity index is 395. The van der Waals surface area contributed by atoms with Crippen molar-refractivity contribution in [1.82, 2.24) is 4.90 Å². The largest absolute Gasteiger partial charge is 0.326 e. The summed E-state index contributed by atoms with van der Waals surface area (Å²) in [7, 11) is 0. The molecule has 3 heteroatoms. The fourth-order valence-electron chi connectivity index (χ4n) is 2.92. The van der Waals surface area contributed by atoms with Gasteiger partial charge in [0.1, 0.15) is 5.82 Å². The van der Waals surface area contributed by atoms with E-state index in [1.54, 1.807) is 6.07 Å². The fourth-order valence-corrected chi connectivity index (χ4v) is 2.92. The van der Waals surface area contributed by atoms with Crippen LogP contribution in [0.25, 0.3) is 0 Å². The molecule has 2 unspecified atom stereocenters. The number of hydrogen-bond acceptors (Lipinski definition) is 2. The van der Waals surface area contributed by atoms with Crippen LogP contribution in [-0.4, -0.2) is 17.0 Å². The Kier molecular flexibility index (Phi) is 4.36. The number of benzene rings is 1. The zero-order valence-corrected chi connectivity index (χ0v) is 11.3. The molecule has 0 saturated carbocycles. The van der Waals surface area contributed by atoms with Gasteiger partial charge >= 0.3 is 0 Å². The minimum absolute atomic E-state index is 0.195. The van der Waals surface area contributed by atoms with Crippen LogP contribution in [0.5, 0.6) is 0 Å². The standard InChI is InChI=1S/C15H23FN2/c1-11-4-3-5-12(2)18(11)10-13-6-7-15(16)8-14(13)9-17/h6-8,11-12H,3-5,9-10,17H2,1-2H3. The van der Waals surface area contributed by atoms with Crippen molar-refractivity contribution in [2.45, 2.75) is 58.3 Å². The maximum absolute atomic E-state index is 13.2. The van der Waals surface area contributed by atoms with Crippen LogP contribution in [0.2, 0.25) is 0 Å². The first-order valence-corrected chi connectivity index (χ1v) is 6.85. The van der Waals surface area contributed by atoms with Gasteiger partial charge in [-0.2, -0.15) is 0 Å². The minimum atomic E-state index is -0.195. The van der Waals surface area contributed by atoms with E-state index in [9.17, 15) is 4.39 Å². The quantitative estimate of drug-likeness (QED) is 0.893. The summed E-state index contributed by atoms with van der Waals surface area (Å²) in [6.07, 6.45) is 3.82. The minimum Gasteiger partial charge on any atom is -0.326 e. The van der Waals surface area contributed by atoms with Crippen LogP contribution in [0, 0.1) is 5.82 Å². The van der Waals surface area contributed by atoms with E-state index in [0.29, 0.717) is 18.6 Å². The highest BCUT2D eigenvalue weighted by Gasteiger charge is 2.25. The van der Waals surface area contributed by atoms with Crippen molar-refractivity contribution >= 4 is 0 Å². The lowest BCUT2D eigenvalue weighted by atomic mass is 9.96. The third-order valence-corrected chi connectivity index (χ3v) is 4.12. The predicted octanol–water partition coefficient (Wildman–Crippen LogP) is 3.05. The second-order valence-corrected chi connectivity index (χ2v) is 5.42. The van der Waals surface area contributed by atoms with E-state index in [0.717, 1.165) is 12.1 Å². The average Bonchev–Trinajstić information content (AvgIpc) is 2.35. The second-order valence-electron chi connectivity index (χ2n) is 5.42. The first kappa shape index (κ1) is 13.5. The summed E-state index contributed by atoms with van der Waals surface area (Å²) in [5.74, 6) is -0.195. The first-order chi connectivity index (χ1) is 8.61. The molecule has 18 heavy (non-hydrogen) atoms. The van der Waals surface area contributed by atoms with Crippen molar-refractivity contribution in [3.63, 3.8) is 0 Å². The van der Waals surface area contributed by atoms with Gasteiger partial charge in [0.2, 0.25) is 0 Å². The van der Waals surface area contributed by atoms with Crippen molar-refractivity contribution < 1.29 is 4.39 Å². The van der Waals surface area contributed by atoms with Crippen molar-refractivity contribution in [1.29, 1.82) is 0 Å². The van der Waals surface area contributed by atoms with E-state index >= 15 is 0 Å². The molecule has 0 bridgehead atoms. The van der Waals surface area contributed by atoms with E-state index in [4.69, 9.17) is 5.73 Å². The lowest BCUT2D eigenvalue weighted by molar-refractivity contribution is 0.0949. The van der Waals surface area contributed by atoms with Gasteiger partial charge in [-0.3, -0.25) is 4.90 Å². The lowest BCUT2D eigenvalue weighted by Crippen LogP contribution is -2.43. The Hall–Kier alpha value is -0.930. The molecule has 1 aliphatic heterocycles. The Morgan fingerprint density at radius 3 is 2.50 bits per heavy atom. The molecule has 2 rings (SSSR count). The van der Waals surface area contributed by atoms with E-state index in [1.807, 2.05) is 6.07 Å². The van der Waals surface area contributed by atoms with Gasteiger partial charge in [-0.05, 0) is 49.9 Å². The fraction of sp³-hybridized carbons (Fsp3) is 0.600. The Balaban J connectivity index is 2.17. The molecule has 0 radical (unpaired) electrons. The topological polar surface area (TPSA) is 29.3 Å². The molecule has 1 heterocycles. The van der Waals surface area contributed by atoms with E-state index < -0.39 is 0 Å². The van der Waals surface area contributed by atoms with Gasteiger partial charge in [0, 0.05) is 25.2 Å². The molecule has 1 fully saturated rings. The Morgan fingerprint density at radius 1 is 1.22 bits per heavy atom. The van der Waals surface area contributed by atoms with Crippen LogP contribution in [0.15, 0.2) is 18.2 Å². The van der Waals surface area contributed by atoms with Crippen LogP contribution >= 0.6 is 0 Å². The molecule has 1 aliphatic rings. The number of nitrogens with zero attached hydrogens (tertiary/aromatic N) is 1. The smallest absolute Gasteiger partial charge is 0.123 e. The Morgan fingerprint density at radius 2 is 1.89 bits per heavy atom. The van der Waals surface area contributed by atoms with E-state index in [1.165, 1.54) is 30.9 Å². The molecule has 2 N–H and O–H groups in total. The van der Waals surface area contributed by atoms with Gasteiger partial charge in [-0.1, -0.05) is 12.5 Å². The van der Waals surface area contributed by atoms with Crippen molar-refractivity contribution in [2.75, 3.05) is 0 Å². The highest BCUT2D eigenvalue weighted by atomic mass is 19.1. The second kappa shape index (κ2) is 5.81. The highest BCUT2D eigenvalue weighted by molar-refractivity contribution is 5.28. The van der Waals surface area contributed by atoms with Crippen molar-refractivity contribution in [3.05, 3.63) is 35.1 Å². The average molecular weight is 250 g/mol. The van der Waals surface area contributed by atoms with E-state index in [-0.39, 0.29) is 5.82 Å². The maximum atomic E-state index is 13.2. The number of nitrogens with two attached hydrogens (primary N) is 1. The molecule has 2 atom stereocenters. The molecule has 100 valence electrons. The van der Waals surface area contributed by atoms with Gasteiger partial charge in [0.25, 0.3) is 0 Å². The Labute approximate surface area is 109 Å². The van der Waals surface area contributed by atoms with E-state index in [2.05, 4.69) is 18.7 Å². The van der Waals surface area contributed by atoms with Crippen LogP contribution in [0.3, 0.4) is 0 Å². The molecule has 2 nitrogen and oxygen atoms in total. The SMILES string of the molecule is CC1CCCC(C)N1Cc1ccc(F)cc1CN. The van der Waals surface area contributed by atoms with Crippen molar-refractivity contribution in [3.8, 4) is 0 Å². The van der Waals surface area contributed by atoms with Crippen LogP contribution in [0.1, 0.15) is 44.2 Å². The summed E-state index contributed by atoms with van der Waals surface area (Å²) in [5.41, 5.74) is 7.81. The number of halogens is 1. The zero-order valence-electron chi connectivity index (χ0n) is 11.3. The molecule has 0 spiro atoms. The van der Waals surface area contributed by atoms with Crippen LogP contribution < -0.4 is 5.73 Å². The molecule has 0 amide bonds. The third kappa shape index (κ3) is 2.90. The summed E-state index contributed by atoms with van der Waals surface area (Å²) >= 11 is 0. The molecule has 1 aromatic rings. The first-order valence-electron chi connectivity index (χ1n) is 6.85. The molecule has 1 aromatic carbocycles. The highest BCUT2D eigenvalue weighted by Crippen LogP contribution is 2.25. The number of piperidine rings is 1. The summed E-state index contributed by atoms with van der Waals surface area (Å²) in [6.45, 7) is 5.85. The maximum Gasteiger partial charge on any atom is 0.123 e. The predicted molar refractivity (Wildman–Crippen MR) is 72.6 cm³/mol. The monoisotopic (exact) mass is 250 g/mol. The molecular weight excluding hydrogens is 227 g/mol. The van der Waals surface area contributed by atoms with Crippen LogP contribution in [0.4, 0.5) is 4.39 Å². The zero-order chi connectivity index (χ0) is 13.1. The normalized spacial score (nSPS) is 25.3. The molecule has 1 saturated heterocycles. The van der Waals surface area contributed by atoms with Gasteiger partial charge in [-0.25, -0.2) is 4.39 Å². The molecule has 0 aliphatic carbocycles. The van der Waals surface area contributed by atoms with Gasteiger partial charge in [0.15, 0.2) is 0 Å². The summed E-state index contributed by atoms with van der Waals surface area (Å²) in [4.78, 5) is 2.51. The summed E-state index contributed by atoms with van der Waals surface area (Å²) < 4.78 is 13.2. The van der Waals surface area contributed by atoms with Gasteiger partial charge < -0.3 is 5.73 Å². The van der Waals surface area contributed by atoms with Gasteiger partial charge in [-0.15, -0.1) is 0 Å². The number of rotatable bonds is 3. The van der Waals surface area contributed by atoms with Crippen molar-refractivity contribution in [2.24, 2.45) is 5.73 Å². The third-order valence-electron chi connectivity index (χ3n) is 4.12. The number of likely N-dealkylation sites (tertiary alicyclic amines) is 1. The summed E-state index contributed by atoms with van der Waals surface area (Å²) in [5, 5.41) is 0. The lowest BCUT2D eigenvalue weighted by Gasteiger charge is -2.39. The molecular formula is C15H23FN2. The number of hydrogen-bond donors (Lipinski definition) is 1. The molecule has 0 aromatic heterocycles. The summed E-state index contributed by atoms with van der Waals surface area (Å²) in [6, 6.07) is 6.18.